The highest BCUT2D eigenvalue weighted by Crippen LogP contribution is 2.47. The van der Waals surface area contributed by atoms with Crippen molar-refractivity contribution in [3.05, 3.63) is 29.3 Å². The van der Waals surface area contributed by atoms with E-state index in [9.17, 15) is 4.79 Å². The Morgan fingerprint density at radius 1 is 1.32 bits per heavy atom. The molecule has 0 bridgehead atoms. The van der Waals surface area contributed by atoms with Crippen LogP contribution in [0.25, 0.3) is 0 Å². The van der Waals surface area contributed by atoms with E-state index in [-0.39, 0.29) is 11.3 Å². The van der Waals surface area contributed by atoms with Gasteiger partial charge in [0, 0.05) is 19.3 Å². The second kappa shape index (κ2) is 4.64. The second-order valence-corrected chi connectivity index (χ2v) is 5.98. The summed E-state index contributed by atoms with van der Waals surface area (Å²) < 4.78 is 0. The lowest BCUT2D eigenvalue weighted by molar-refractivity contribution is -0.123. The van der Waals surface area contributed by atoms with Crippen LogP contribution in [0, 0.1) is 5.41 Å². The fraction of sp³-hybridized carbons (Fsp3) is 0.562. The van der Waals surface area contributed by atoms with E-state index in [1.807, 2.05) is 19.0 Å². The third-order valence-electron chi connectivity index (χ3n) is 4.60. The number of hydrogen-bond acceptors (Lipinski definition) is 2. The molecule has 3 nitrogen and oxygen atoms in total. The van der Waals surface area contributed by atoms with Crippen molar-refractivity contribution in [2.75, 3.05) is 25.5 Å². The number of rotatable bonds is 4. The number of aryl methyl sites for hydroxylation is 2. The fourth-order valence-electron chi connectivity index (χ4n) is 3.20. The number of amides is 1. The average molecular weight is 258 g/mol. The molecule has 0 aromatic heterocycles. The van der Waals surface area contributed by atoms with Gasteiger partial charge in [0.25, 0.3) is 0 Å². The monoisotopic (exact) mass is 258 g/mol. The number of fused-ring (bicyclic) bond motifs is 1. The molecule has 0 spiro atoms. The smallest absolute Gasteiger partial charge is 0.234 e. The molecular weight excluding hydrogens is 236 g/mol. The normalized spacial score (nSPS) is 19.1. The van der Waals surface area contributed by atoms with Gasteiger partial charge < -0.3 is 10.2 Å². The number of hydrogen-bond donors (Lipinski definition) is 1. The van der Waals surface area contributed by atoms with Gasteiger partial charge in [0.15, 0.2) is 0 Å². The minimum absolute atomic E-state index is 0.136. The summed E-state index contributed by atoms with van der Waals surface area (Å²) >= 11 is 0. The van der Waals surface area contributed by atoms with Crippen molar-refractivity contribution in [1.29, 1.82) is 0 Å². The maximum atomic E-state index is 12.6. The standard InChI is InChI=1S/C16H22N2O/c1-17-11-16(8-9-16)15(19)18(2)14-7-6-12-4-3-5-13(12)10-14/h6-7,10,17H,3-5,8-9,11H2,1-2H3. The molecule has 3 rings (SSSR count). The molecule has 0 aliphatic heterocycles. The zero-order valence-corrected chi connectivity index (χ0v) is 11.8. The van der Waals surface area contributed by atoms with Crippen LogP contribution in [0.4, 0.5) is 5.69 Å². The van der Waals surface area contributed by atoms with E-state index < -0.39 is 0 Å². The first-order chi connectivity index (χ1) is 9.16. The van der Waals surface area contributed by atoms with Crippen molar-refractivity contribution in [2.45, 2.75) is 32.1 Å². The van der Waals surface area contributed by atoms with E-state index >= 15 is 0 Å². The lowest BCUT2D eigenvalue weighted by atomic mass is 10.0. The van der Waals surface area contributed by atoms with E-state index in [1.165, 1.54) is 24.0 Å². The Morgan fingerprint density at radius 2 is 2.05 bits per heavy atom. The predicted molar refractivity (Wildman–Crippen MR) is 77.5 cm³/mol. The van der Waals surface area contributed by atoms with Crippen molar-refractivity contribution in [1.82, 2.24) is 5.32 Å². The van der Waals surface area contributed by atoms with Crippen LogP contribution in [0.3, 0.4) is 0 Å². The molecule has 3 heteroatoms. The summed E-state index contributed by atoms with van der Waals surface area (Å²) in [5.74, 6) is 0.264. The maximum absolute atomic E-state index is 12.6. The van der Waals surface area contributed by atoms with Crippen LogP contribution in [0.1, 0.15) is 30.4 Å². The molecule has 2 aliphatic carbocycles. The first kappa shape index (κ1) is 12.7. The average Bonchev–Trinajstić information content (AvgIpc) is 3.05. The highest BCUT2D eigenvalue weighted by Gasteiger charge is 2.50. The topological polar surface area (TPSA) is 32.3 Å². The zero-order valence-electron chi connectivity index (χ0n) is 11.8. The van der Waals surface area contributed by atoms with E-state index in [0.717, 1.165) is 31.5 Å². The zero-order chi connectivity index (χ0) is 13.5. The van der Waals surface area contributed by atoms with Crippen molar-refractivity contribution < 1.29 is 4.79 Å². The summed E-state index contributed by atoms with van der Waals surface area (Å²) in [6.07, 6.45) is 5.63. The lowest BCUT2D eigenvalue weighted by Gasteiger charge is -2.24. The number of carbonyl (C=O) groups excluding carboxylic acids is 1. The van der Waals surface area contributed by atoms with Crippen LogP contribution in [0.5, 0.6) is 0 Å². The van der Waals surface area contributed by atoms with Gasteiger partial charge in [-0.3, -0.25) is 4.79 Å². The van der Waals surface area contributed by atoms with Crippen LogP contribution in [-0.2, 0) is 17.6 Å². The second-order valence-electron chi connectivity index (χ2n) is 5.98. The van der Waals surface area contributed by atoms with E-state index in [1.54, 1.807) is 0 Å². The van der Waals surface area contributed by atoms with Crippen LogP contribution >= 0.6 is 0 Å². The lowest BCUT2D eigenvalue weighted by Crippen LogP contribution is -2.39. The Bertz CT molecular complexity index is 505. The van der Waals surface area contributed by atoms with Gasteiger partial charge in [-0.05, 0) is 62.4 Å². The van der Waals surface area contributed by atoms with Gasteiger partial charge in [0.1, 0.15) is 0 Å². The molecule has 1 amide bonds. The first-order valence-corrected chi connectivity index (χ1v) is 7.21. The molecule has 0 heterocycles. The summed E-state index contributed by atoms with van der Waals surface area (Å²) in [5, 5.41) is 3.15. The number of benzene rings is 1. The Morgan fingerprint density at radius 3 is 2.74 bits per heavy atom. The number of nitrogens with zero attached hydrogens (tertiary/aromatic N) is 1. The molecule has 0 radical (unpaired) electrons. The Kier molecular flexibility index (Phi) is 3.09. The van der Waals surface area contributed by atoms with E-state index in [0.29, 0.717) is 0 Å². The van der Waals surface area contributed by atoms with Gasteiger partial charge in [-0.1, -0.05) is 6.07 Å². The van der Waals surface area contributed by atoms with Crippen molar-refractivity contribution >= 4 is 11.6 Å². The summed E-state index contributed by atoms with van der Waals surface area (Å²) in [7, 11) is 3.83. The minimum atomic E-state index is -0.136. The van der Waals surface area contributed by atoms with Gasteiger partial charge in [0.05, 0.1) is 5.41 Å². The molecule has 102 valence electrons. The molecule has 19 heavy (non-hydrogen) atoms. The SMILES string of the molecule is CNCC1(C(=O)N(C)c2ccc3c(c2)CCC3)CC1. The Balaban J connectivity index is 1.80. The molecule has 0 unspecified atom stereocenters. The van der Waals surface area contributed by atoms with Crippen molar-refractivity contribution in [3.8, 4) is 0 Å². The maximum Gasteiger partial charge on any atom is 0.234 e. The highest BCUT2D eigenvalue weighted by molar-refractivity contribution is 5.99. The molecule has 0 atom stereocenters. The number of anilines is 1. The minimum Gasteiger partial charge on any atom is -0.319 e. The molecule has 1 aromatic carbocycles. The third kappa shape index (κ3) is 2.16. The third-order valence-corrected chi connectivity index (χ3v) is 4.60. The first-order valence-electron chi connectivity index (χ1n) is 7.21. The number of nitrogens with one attached hydrogen (secondary N) is 1. The largest absolute Gasteiger partial charge is 0.319 e. The quantitative estimate of drug-likeness (QED) is 0.897. The van der Waals surface area contributed by atoms with Gasteiger partial charge >= 0.3 is 0 Å². The summed E-state index contributed by atoms with van der Waals surface area (Å²) in [4.78, 5) is 14.5. The molecule has 1 saturated carbocycles. The Hall–Kier alpha value is -1.35. The highest BCUT2D eigenvalue weighted by atomic mass is 16.2. The molecule has 0 saturated heterocycles. The van der Waals surface area contributed by atoms with Crippen LogP contribution in [0.2, 0.25) is 0 Å². The predicted octanol–water partition coefficient (Wildman–Crippen LogP) is 2.14. The summed E-state index contributed by atoms with van der Waals surface area (Å²) in [6.45, 7) is 0.793. The molecule has 1 aromatic rings. The van der Waals surface area contributed by atoms with Gasteiger partial charge in [-0.15, -0.1) is 0 Å². The number of carbonyl (C=O) groups is 1. The molecule has 1 N–H and O–H groups in total. The van der Waals surface area contributed by atoms with Crippen LogP contribution < -0.4 is 10.2 Å². The van der Waals surface area contributed by atoms with E-state index in [4.69, 9.17) is 0 Å². The molecule has 1 fully saturated rings. The van der Waals surface area contributed by atoms with Gasteiger partial charge in [-0.25, -0.2) is 0 Å². The van der Waals surface area contributed by atoms with Crippen molar-refractivity contribution in [2.24, 2.45) is 5.41 Å². The summed E-state index contributed by atoms with van der Waals surface area (Å²) in [5.41, 5.74) is 3.80. The molecular formula is C16H22N2O. The fourth-order valence-corrected chi connectivity index (χ4v) is 3.20. The van der Waals surface area contributed by atoms with Crippen LogP contribution in [0.15, 0.2) is 18.2 Å². The van der Waals surface area contributed by atoms with E-state index in [2.05, 4.69) is 23.5 Å². The molecule has 2 aliphatic rings. The van der Waals surface area contributed by atoms with Crippen molar-refractivity contribution in [3.63, 3.8) is 0 Å². The Labute approximate surface area is 115 Å². The van der Waals surface area contributed by atoms with Gasteiger partial charge in [-0.2, -0.15) is 0 Å². The van der Waals surface area contributed by atoms with Crippen LogP contribution in [-0.4, -0.2) is 26.5 Å². The van der Waals surface area contributed by atoms with Gasteiger partial charge in [0.2, 0.25) is 5.91 Å². The summed E-state index contributed by atoms with van der Waals surface area (Å²) in [6, 6.07) is 6.49.